The van der Waals surface area contributed by atoms with Gasteiger partial charge in [0.1, 0.15) is 6.61 Å². The van der Waals surface area contributed by atoms with E-state index in [9.17, 15) is 9.59 Å². The Morgan fingerprint density at radius 3 is 2.58 bits per heavy atom. The second-order valence-corrected chi connectivity index (χ2v) is 6.30. The molecule has 1 heterocycles. The molecule has 0 fully saturated rings. The van der Waals surface area contributed by atoms with Crippen molar-refractivity contribution in [1.82, 2.24) is 9.78 Å². The average Bonchev–Trinajstić information content (AvgIpc) is 2.63. The molecule has 26 heavy (non-hydrogen) atoms. The summed E-state index contributed by atoms with van der Waals surface area (Å²) in [6.07, 6.45) is 0. The minimum absolute atomic E-state index is 0.00117. The number of rotatable bonds is 5. The van der Waals surface area contributed by atoms with E-state index >= 15 is 0 Å². The molecule has 6 nitrogen and oxygen atoms in total. The molecule has 0 aliphatic carbocycles. The van der Waals surface area contributed by atoms with E-state index in [0.717, 1.165) is 4.68 Å². The highest BCUT2D eigenvalue weighted by molar-refractivity contribution is 6.35. The number of aromatic nitrogens is 2. The fourth-order valence-corrected chi connectivity index (χ4v) is 2.95. The van der Waals surface area contributed by atoms with Crippen LogP contribution < -0.4 is 5.56 Å². The summed E-state index contributed by atoms with van der Waals surface area (Å²) in [6, 6.07) is 11.5. The van der Waals surface area contributed by atoms with E-state index < -0.39 is 5.97 Å². The topological polar surface area (TPSA) is 81.4 Å². The lowest BCUT2D eigenvalue weighted by Crippen LogP contribution is -2.27. The zero-order valence-corrected chi connectivity index (χ0v) is 15.0. The molecule has 0 saturated carbocycles. The maximum atomic E-state index is 12.5. The number of esters is 1. The Kier molecular flexibility index (Phi) is 5.56. The molecule has 0 saturated heterocycles. The molecule has 1 aromatic heterocycles. The van der Waals surface area contributed by atoms with Crippen LogP contribution in [0.4, 0.5) is 0 Å². The van der Waals surface area contributed by atoms with Gasteiger partial charge in [-0.3, -0.25) is 4.79 Å². The van der Waals surface area contributed by atoms with Gasteiger partial charge in [-0.05, 0) is 18.2 Å². The van der Waals surface area contributed by atoms with Gasteiger partial charge in [-0.25, -0.2) is 9.48 Å². The molecule has 0 unspecified atom stereocenters. The third-order valence-corrected chi connectivity index (χ3v) is 4.33. The molecule has 134 valence electrons. The fraction of sp³-hybridized carbons (Fsp3) is 0.167. The molecule has 0 bridgehead atoms. The standard InChI is InChI=1S/C18H14Cl2N2O4/c19-12-6-5-11(15(20)9-12)10-26-18(25)16-13-3-1-2-4-14(13)17(24)22(21-16)7-8-23/h1-6,9,23H,7-8,10H2. The van der Waals surface area contributed by atoms with Crippen LogP contribution >= 0.6 is 23.2 Å². The maximum absolute atomic E-state index is 12.5. The first-order valence-electron chi connectivity index (χ1n) is 7.73. The number of fused-ring (bicyclic) bond motifs is 1. The normalized spacial score (nSPS) is 10.9. The van der Waals surface area contributed by atoms with Crippen molar-refractivity contribution in [3.63, 3.8) is 0 Å². The van der Waals surface area contributed by atoms with Crippen LogP contribution in [-0.4, -0.2) is 27.5 Å². The van der Waals surface area contributed by atoms with Gasteiger partial charge in [-0.15, -0.1) is 0 Å². The van der Waals surface area contributed by atoms with Crippen LogP contribution in [0, 0.1) is 0 Å². The molecular weight excluding hydrogens is 379 g/mol. The van der Waals surface area contributed by atoms with Crippen molar-refractivity contribution in [3.05, 3.63) is 74.1 Å². The molecule has 0 radical (unpaired) electrons. The molecule has 3 rings (SSSR count). The van der Waals surface area contributed by atoms with Crippen molar-refractivity contribution in [1.29, 1.82) is 0 Å². The maximum Gasteiger partial charge on any atom is 0.359 e. The zero-order chi connectivity index (χ0) is 18.7. The number of carbonyl (C=O) groups is 1. The molecule has 0 aliphatic rings. The number of hydrogen-bond acceptors (Lipinski definition) is 5. The van der Waals surface area contributed by atoms with Gasteiger partial charge in [-0.1, -0.05) is 47.5 Å². The van der Waals surface area contributed by atoms with E-state index in [0.29, 0.717) is 26.4 Å². The molecule has 1 N–H and O–H groups in total. The summed E-state index contributed by atoms with van der Waals surface area (Å²) in [5.74, 6) is -0.695. The van der Waals surface area contributed by atoms with Crippen molar-refractivity contribution in [3.8, 4) is 0 Å². The lowest BCUT2D eigenvalue weighted by molar-refractivity contribution is 0.0465. The van der Waals surface area contributed by atoms with E-state index in [-0.39, 0.29) is 31.0 Å². The van der Waals surface area contributed by atoms with Crippen molar-refractivity contribution >= 4 is 39.9 Å². The summed E-state index contributed by atoms with van der Waals surface area (Å²) < 4.78 is 6.36. The fourth-order valence-electron chi connectivity index (χ4n) is 2.48. The van der Waals surface area contributed by atoms with Crippen LogP contribution in [-0.2, 0) is 17.9 Å². The number of aliphatic hydroxyl groups excluding tert-OH is 1. The number of ether oxygens (including phenoxy) is 1. The number of hydrogen-bond donors (Lipinski definition) is 1. The largest absolute Gasteiger partial charge is 0.456 e. The van der Waals surface area contributed by atoms with Crippen LogP contribution in [0.1, 0.15) is 16.1 Å². The second-order valence-electron chi connectivity index (χ2n) is 5.46. The van der Waals surface area contributed by atoms with Gasteiger partial charge in [0.25, 0.3) is 5.56 Å². The molecule has 0 atom stereocenters. The van der Waals surface area contributed by atoms with Crippen LogP contribution in [0.15, 0.2) is 47.3 Å². The highest BCUT2D eigenvalue weighted by Gasteiger charge is 2.18. The predicted molar refractivity (Wildman–Crippen MR) is 98.7 cm³/mol. The summed E-state index contributed by atoms with van der Waals surface area (Å²) in [7, 11) is 0. The lowest BCUT2D eigenvalue weighted by atomic mass is 10.1. The van der Waals surface area contributed by atoms with Gasteiger partial charge in [-0.2, -0.15) is 5.10 Å². The first kappa shape index (κ1) is 18.4. The van der Waals surface area contributed by atoms with Crippen LogP contribution in [0.3, 0.4) is 0 Å². The van der Waals surface area contributed by atoms with Crippen LogP contribution in [0.5, 0.6) is 0 Å². The summed E-state index contributed by atoms with van der Waals surface area (Å²) in [5.41, 5.74) is 0.211. The van der Waals surface area contributed by atoms with Gasteiger partial charge in [0, 0.05) is 21.0 Å². The van der Waals surface area contributed by atoms with E-state index in [4.69, 9.17) is 33.0 Å². The van der Waals surface area contributed by atoms with Crippen molar-refractivity contribution in [2.75, 3.05) is 6.61 Å². The van der Waals surface area contributed by atoms with Crippen molar-refractivity contribution in [2.24, 2.45) is 0 Å². The highest BCUT2D eigenvalue weighted by atomic mass is 35.5. The Morgan fingerprint density at radius 2 is 1.88 bits per heavy atom. The Morgan fingerprint density at radius 1 is 1.15 bits per heavy atom. The quantitative estimate of drug-likeness (QED) is 0.674. The van der Waals surface area contributed by atoms with E-state index in [1.807, 2.05) is 0 Å². The monoisotopic (exact) mass is 392 g/mol. The van der Waals surface area contributed by atoms with Crippen LogP contribution in [0.2, 0.25) is 10.0 Å². The third-order valence-electron chi connectivity index (χ3n) is 3.75. The minimum Gasteiger partial charge on any atom is -0.456 e. The van der Waals surface area contributed by atoms with E-state index in [1.165, 1.54) is 0 Å². The summed E-state index contributed by atoms with van der Waals surface area (Å²) in [6.45, 7) is -0.364. The minimum atomic E-state index is -0.695. The van der Waals surface area contributed by atoms with E-state index in [1.54, 1.807) is 42.5 Å². The first-order chi connectivity index (χ1) is 12.5. The number of nitrogens with zero attached hydrogens (tertiary/aromatic N) is 2. The smallest absolute Gasteiger partial charge is 0.359 e. The Labute approximate surface area is 158 Å². The Balaban J connectivity index is 1.94. The van der Waals surface area contributed by atoms with Crippen molar-refractivity contribution in [2.45, 2.75) is 13.2 Å². The van der Waals surface area contributed by atoms with Gasteiger partial charge in [0.05, 0.1) is 18.5 Å². The SMILES string of the molecule is O=C(OCc1ccc(Cl)cc1Cl)c1nn(CCO)c(=O)c2ccccc12. The predicted octanol–water partition coefficient (Wildman–Crippen LogP) is 3.05. The van der Waals surface area contributed by atoms with Crippen molar-refractivity contribution < 1.29 is 14.6 Å². The van der Waals surface area contributed by atoms with Gasteiger partial charge in [0.15, 0.2) is 5.69 Å². The van der Waals surface area contributed by atoms with Gasteiger partial charge >= 0.3 is 5.97 Å². The molecule has 0 amide bonds. The Bertz CT molecular complexity index is 1030. The molecule has 2 aromatic carbocycles. The molecule has 3 aromatic rings. The number of halogens is 2. The molecular formula is C18H14Cl2N2O4. The highest BCUT2D eigenvalue weighted by Crippen LogP contribution is 2.22. The molecule has 8 heteroatoms. The third kappa shape index (κ3) is 3.72. The van der Waals surface area contributed by atoms with E-state index in [2.05, 4.69) is 5.10 Å². The average molecular weight is 393 g/mol. The second kappa shape index (κ2) is 7.86. The number of aliphatic hydroxyl groups is 1. The van der Waals surface area contributed by atoms with Gasteiger partial charge < -0.3 is 9.84 Å². The summed E-state index contributed by atoms with van der Waals surface area (Å²) >= 11 is 11.9. The molecule has 0 aliphatic heterocycles. The zero-order valence-electron chi connectivity index (χ0n) is 13.5. The molecule has 0 spiro atoms. The van der Waals surface area contributed by atoms with Crippen LogP contribution in [0.25, 0.3) is 10.8 Å². The summed E-state index contributed by atoms with van der Waals surface area (Å²) in [5, 5.41) is 14.7. The number of carbonyl (C=O) groups excluding carboxylic acids is 1. The van der Waals surface area contributed by atoms with Gasteiger partial charge in [0.2, 0.25) is 0 Å². The first-order valence-corrected chi connectivity index (χ1v) is 8.48. The Hall–Kier alpha value is -2.41. The number of benzene rings is 2. The lowest BCUT2D eigenvalue weighted by Gasteiger charge is -2.11. The summed E-state index contributed by atoms with van der Waals surface area (Å²) in [4.78, 5) is 24.9.